The SMILES string of the molecule is COc1ccc2c(c1OC)C(=O)O[C@@H]2c1c(N)[nH]c(=O)[nH]c1=O. The van der Waals surface area contributed by atoms with Gasteiger partial charge in [0.05, 0.1) is 14.2 Å². The van der Waals surface area contributed by atoms with Gasteiger partial charge >= 0.3 is 11.7 Å². The number of H-pyrrole nitrogens is 2. The molecule has 1 atom stereocenters. The van der Waals surface area contributed by atoms with Crippen molar-refractivity contribution in [2.24, 2.45) is 0 Å². The number of methoxy groups -OCH3 is 2. The summed E-state index contributed by atoms with van der Waals surface area (Å²) in [5, 5.41) is 0. The van der Waals surface area contributed by atoms with Crippen molar-refractivity contribution in [2.75, 3.05) is 20.0 Å². The zero-order valence-corrected chi connectivity index (χ0v) is 12.3. The second kappa shape index (κ2) is 5.20. The number of anilines is 1. The van der Waals surface area contributed by atoms with Crippen LogP contribution in [0.3, 0.4) is 0 Å². The minimum atomic E-state index is -1.04. The number of cyclic esters (lactones) is 1. The van der Waals surface area contributed by atoms with Crippen LogP contribution >= 0.6 is 0 Å². The average Bonchev–Trinajstić information content (AvgIpc) is 2.82. The van der Waals surface area contributed by atoms with Crippen LogP contribution in [0.4, 0.5) is 5.82 Å². The molecular weight excluding hydrogens is 306 g/mol. The van der Waals surface area contributed by atoms with Gasteiger partial charge in [-0.15, -0.1) is 0 Å². The van der Waals surface area contributed by atoms with Crippen molar-refractivity contribution in [3.8, 4) is 11.5 Å². The molecule has 0 bridgehead atoms. The van der Waals surface area contributed by atoms with Crippen LogP contribution in [0.2, 0.25) is 0 Å². The molecule has 0 fully saturated rings. The van der Waals surface area contributed by atoms with E-state index in [9.17, 15) is 14.4 Å². The lowest BCUT2D eigenvalue weighted by atomic mass is 9.99. The van der Waals surface area contributed by atoms with Crippen LogP contribution in [-0.4, -0.2) is 30.2 Å². The molecule has 0 spiro atoms. The number of rotatable bonds is 3. The normalized spacial score (nSPS) is 15.9. The summed E-state index contributed by atoms with van der Waals surface area (Å²) >= 11 is 0. The predicted molar refractivity (Wildman–Crippen MR) is 78.9 cm³/mol. The summed E-state index contributed by atoms with van der Waals surface area (Å²) in [6.45, 7) is 0. The number of carbonyl (C=O) groups is 1. The quantitative estimate of drug-likeness (QED) is 0.673. The largest absolute Gasteiger partial charge is 0.493 e. The van der Waals surface area contributed by atoms with Crippen LogP contribution in [0.1, 0.15) is 27.6 Å². The number of esters is 1. The van der Waals surface area contributed by atoms with E-state index in [1.807, 2.05) is 0 Å². The van der Waals surface area contributed by atoms with Gasteiger partial charge in [0.15, 0.2) is 17.6 Å². The molecule has 0 saturated heterocycles. The van der Waals surface area contributed by atoms with Crippen LogP contribution in [0, 0.1) is 0 Å². The summed E-state index contributed by atoms with van der Waals surface area (Å²) < 4.78 is 15.6. The smallest absolute Gasteiger partial charge is 0.343 e. The number of ether oxygens (including phenoxy) is 3. The fraction of sp³-hybridized carbons (Fsp3) is 0.214. The van der Waals surface area contributed by atoms with Gasteiger partial charge in [-0.25, -0.2) is 9.59 Å². The highest BCUT2D eigenvalue weighted by molar-refractivity contribution is 5.98. The van der Waals surface area contributed by atoms with E-state index < -0.39 is 23.3 Å². The fourth-order valence-corrected chi connectivity index (χ4v) is 2.59. The number of nitrogens with two attached hydrogens (primary N) is 1. The maximum atomic E-state index is 12.2. The first-order chi connectivity index (χ1) is 11.0. The maximum absolute atomic E-state index is 12.2. The van der Waals surface area contributed by atoms with E-state index in [1.165, 1.54) is 14.2 Å². The fourth-order valence-electron chi connectivity index (χ4n) is 2.59. The van der Waals surface area contributed by atoms with Gasteiger partial charge in [-0.3, -0.25) is 14.8 Å². The summed E-state index contributed by atoms with van der Waals surface area (Å²) in [6, 6.07) is 3.17. The molecule has 23 heavy (non-hydrogen) atoms. The Bertz CT molecular complexity index is 914. The molecule has 1 aromatic heterocycles. The van der Waals surface area contributed by atoms with Crippen LogP contribution in [0.15, 0.2) is 21.7 Å². The van der Waals surface area contributed by atoms with Crippen molar-refractivity contribution < 1.29 is 19.0 Å². The average molecular weight is 319 g/mol. The summed E-state index contributed by atoms with van der Waals surface area (Å²) in [6.07, 6.45) is -1.04. The van der Waals surface area contributed by atoms with Crippen molar-refractivity contribution in [1.82, 2.24) is 9.97 Å². The second-order valence-electron chi connectivity index (χ2n) is 4.79. The first kappa shape index (κ1) is 14.7. The van der Waals surface area contributed by atoms with Gasteiger partial charge in [0, 0.05) is 5.56 Å². The van der Waals surface area contributed by atoms with Crippen molar-refractivity contribution in [3.63, 3.8) is 0 Å². The van der Waals surface area contributed by atoms with E-state index >= 15 is 0 Å². The molecule has 0 saturated carbocycles. The molecule has 9 nitrogen and oxygen atoms in total. The lowest BCUT2D eigenvalue weighted by molar-refractivity contribution is 0.0452. The Morgan fingerprint density at radius 2 is 1.87 bits per heavy atom. The van der Waals surface area contributed by atoms with E-state index in [1.54, 1.807) is 12.1 Å². The topological polar surface area (TPSA) is 136 Å². The predicted octanol–water partition coefficient (Wildman–Crippen LogP) is -0.0776. The van der Waals surface area contributed by atoms with E-state index in [4.69, 9.17) is 19.9 Å². The molecular formula is C14H13N3O6. The molecule has 4 N–H and O–H groups in total. The zero-order chi connectivity index (χ0) is 16.7. The van der Waals surface area contributed by atoms with Crippen LogP contribution in [0.25, 0.3) is 0 Å². The summed E-state index contributed by atoms with van der Waals surface area (Å²) in [5.41, 5.74) is 4.74. The number of hydrogen-bond donors (Lipinski definition) is 3. The number of carbonyl (C=O) groups excluding carboxylic acids is 1. The van der Waals surface area contributed by atoms with Crippen molar-refractivity contribution in [1.29, 1.82) is 0 Å². The zero-order valence-electron chi connectivity index (χ0n) is 12.3. The highest BCUT2D eigenvalue weighted by Crippen LogP contribution is 2.44. The number of benzene rings is 1. The Kier molecular flexibility index (Phi) is 3.32. The van der Waals surface area contributed by atoms with Crippen molar-refractivity contribution in [3.05, 3.63) is 49.7 Å². The Morgan fingerprint density at radius 1 is 1.13 bits per heavy atom. The second-order valence-corrected chi connectivity index (χ2v) is 4.79. The van der Waals surface area contributed by atoms with Gasteiger partial charge < -0.3 is 19.9 Å². The molecule has 2 heterocycles. The van der Waals surface area contributed by atoms with Gasteiger partial charge in [0.1, 0.15) is 16.9 Å². The Balaban J connectivity index is 2.25. The minimum absolute atomic E-state index is 0.0519. The Hall–Kier alpha value is -3.23. The molecule has 1 aromatic carbocycles. The van der Waals surface area contributed by atoms with Gasteiger partial charge in [0.2, 0.25) is 0 Å². The van der Waals surface area contributed by atoms with E-state index in [0.717, 1.165) is 0 Å². The maximum Gasteiger partial charge on any atom is 0.343 e. The van der Waals surface area contributed by atoms with Gasteiger partial charge in [-0.1, -0.05) is 6.07 Å². The molecule has 3 rings (SSSR count). The number of nitrogen functional groups attached to an aromatic ring is 1. The van der Waals surface area contributed by atoms with E-state index in [0.29, 0.717) is 11.3 Å². The van der Waals surface area contributed by atoms with Gasteiger partial charge in [0.25, 0.3) is 5.56 Å². The summed E-state index contributed by atoms with van der Waals surface area (Å²) in [5.74, 6) is -0.283. The van der Waals surface area contributed by atoms with E-state index in [2.05, 4.69) is 9.97 Å². The number of aromatic nitrogens is 2. The van der Waals surface area contributed by atoms with Crippen LogP contribution in [-0.2, 0) is 4.74 Å². The number of fused-ring (bicyclic) bond motifs is 1. The lowest BCUT2D eigenvalue weighted by Crippen LogP contribution is -2.29. The first-order valence-corrected chi connectivity index (χ1v) is 6.55. The molecule has 1 aliphatic rings. The number of nitrogens with one attached hydrogen (secondary N) is 2. The third kappa shape index (κ3) is 2.13. The minimum Gasteiger partial charge on any atom is -0.493 e. The number of aromatic amines is 2. The lowest BCUT2D eigenvalue weighted by Gasteiger charge is -2.13. The molecule has 0 amide bonds. The molecule has 0 radical (unpaired) electrons. The highest BCUT2D eigenvalue weighted by Gasteiger charge is 2.39. The third-order valence-electron chi connectivity index (χ3n) is 3.56. The van der Waals surface area contributed by atoms with Gasteiger partial charge in [-0.05, 0) is 6.07 Å². The number of hydrogen-bond acceptors (Lipinski definition) is 7. The Morgan fingerprint density at radius 3 is 2.48 bits per heavy atom. The molecule has 9 heteroatoms. The molecule has 2 aromatic rings. The highest BCUT2D eigenvalue weighted by atomic mass is 16.6. The molecule has 120 valence electrons. The molecule has 0 aliphatic carbocycles. The van der Waals surface area contributed by atoms with E-state index in [-0.39, 0.29) is 22.7 Å². The Labute approximate surface area is 129 Å². The summed E-state index contributed by atoms with van der Waals surface area (Å²) in [4.78, 5) is 39.8. The van der Waals surface area contributed by atoms with Crippen LogP contribution in [0.5, 0.6) is 11.5 Å². The first-order valence-electron chi connectivity index (χ1n) is 6.55. The summed E-state index contributed by atoms with van der Waals surface area (Å²) in [7, 11) is 2.83. The standard InChI is InChI=1S/C14H13N3O6/c1-21-6-4-3-5-7(10(6)22-2)13(19)23-9(5)8-11(15)16-14(20)17-12(8)18/h3-4,9H,1-2H3,(H4,15,16,17,18,20)/t9-/m0/s1. The van der Waals surface area contributed by atoms with Crippen molar-refractivity contribution in [2.45, 2.75) is 6.10 Å². The third-order valence-corrected chi connectivity index (χ3v) is 3.56. The molecule has 1 aliphatic heterocycles. The van der Waals surface area contributed by atoms with Gasteiger partial charge in [-0.2, -0.15) is 0 Å². The monoisotopic (exact) mass is 319 g/mol. The van der Waals surface area contributed by atoms with Crippen molar-refractivity contribution >= 4 is 11.8 Å². The van der Waals surface area contributed by atoms with Crippen LogP contribution < -0.4 is 26.5 Å². The molecule has 0 unspecified atom stereocenters.